The first kappa shape index (κ1) is 14.0. The van der Waals surface area contributed by atoms with E-state index in [0.29, 0.717) is 11.6 Å². The fourth-order valence-corrected chi connectivity index (χ4v) is 2.44. The van der Waals surface area contributed by atoms with Crippen LogP contribution in [-0.4, -0.2) is 42.3 Å². The minimum atomic E-state index is -0.405. The number of nitrogens with one attached hydrogen (secondary N) is 1. The van der Waals surface area contributed by atoms with Gasteiger partial charge in [-0.25, -0.2) is 4.79 Å². The Morgan fingerprint density at radius 3 is 3.16 bits per heavy atom. The number of carbonyl (C=O) groups excluding carboxylic acids is 1. The number of aromatic hydroxyl groups is 1. The lowest BCUT2D eigenvalue weighted by atomic mass is 10.2. The van der Waals surface area contributed by atoms with Gasteiger partial charge in [-0.3, -0.25) is 4.90 Å². The maximum Gasteiger partial charge on any atom is 0.407 e. The van der Waals surface area contributed by atoms with E-state index < -0.39 is 6.09 Å². The second kappa shape index (κ2) is 6.12. The number of likely N-dealkylation sites (tertiary alicyclic amines) is 1. The van der Waals surface area contributed by atoms with Crippen LogP contribution in [0.2, 0.25) is 5.02 Å². The number of phenols is 1. The van der Waals surface area contributed by atoms with Gasteiger partial charge in [0, 0.05) is 36.3 Å². The van der Waals surface area contributed by atoms with E-state index in [1.807, 2.05) is 0 Å². The molecular weight excluding hydrogens is 268 g/mol. The Bertz CT molecular complexity index is 467. The van der Waals surface area contributed by atoms with Crippen LogP contribution in [0.25, 0.3) is 0 Å². The van der Waals surface area contributed by atoms with E-state index in [-0.39, 0.29) is 11.8 Å². The van der Waals surface area contributed by atoms with E-state index in [0.717, 1.165) is 25.1 Å². The molecule has 1 aliphatic heterocycles. The standard InChI is InChI=1S/C13H17ClN2O3/c1-19-13(18)15-11-4-5-16(8-11)7-9-6-10(14)2-3-12(9)17/h2-3,6,11,17H,4-5,7-8H2,1H3,(H,15,18). The van der Waals surface area contributed by atoms with Crippen LogP contribution >= 0.6 is 11.6 Å². The zero-order valence-electron chi connectivity index (χ0n) is 10.7. The van der Waals surface area contributed by atoms with Gasteiger partial charge in [0.2, 0.25) is 0 Å². The molecule has 2 N–H and O–H groups in total. The lowest BCUT2D eigenvalue weighted by Gasteiger charge is -2.17. The first-order valence-electron chi connectivity index (χ1n) is 6.12. The van der Waals surface area contributed by atoms with Crippen LogP contribution in [0.3, 0.4) is 0 Å². The van der Waals surface area contributed by atoms with E-state index in [2.05, 4.69) is 15.0 Å². The average molecular weight is 285 g/mol. The molecule has 0 aromatic heterocycles. The van der Waals surface area contributed by atoms with E-state index >= 15 is 0 Å². The van der Waals surface area contributed by atoms with Crippen LogP contribution in [0.5, 0.6) is 5.75 Å². The predicted molar refractivity (Wildman–Crippen MR) is 72.3 cm³/mol. The number of hydrogen-bond acceptors (Lipinski definition) is 4. The zero-order valence-corrected chi connectivity index (χ0v) is 11.5. The van der Waals surface area contributed by atoms with Crippen LogP contribution < -0.4 is 5.32 Å². The Kier molecular flexibility index (Phi) is 4.50. The summed E-state index contributed by atoms with van der Waals surface area (Å²) < 4.78 is 4.57. The maximum absolute atomic E-state index is 11.1. The number of carbonyl (C=O) groups is 1. The van der Waals surface area contributed by atoms with Crippen molar-refractivity contribution in [2.75, 3.05) is 20.2 Å². The van der Waals surface area contributed by atoms with Gasteiger partial charge in [-0.15, -0.1) is 0 Å². The number of amides is 1. The van der Waals surface area contributed by atoms with Crippen molar-refractivity contribution in [3.63, 3.8) is 0 Å². The first-order valence-corrected chi connectivity index (χ1v) is 6.50. The highest BCUT2D eigenvalue weighted by atomic mass is 35.5. The van der Waals surface area contributed by atoms with Crippen LogP contribution in [-0.2, 0) is 11.3 Å². The Morgan fingerprint density at radius 2 is 2.42 bits per heavy atom. The molecule has 0 saturated carbocycles. The first-order chi connectivity index (χ1) is 9.08. The second-order valence-corrected chi connectivity index (χ2v) is 5.07. The average Bonchev–Trinajstić information content (AvgIpc) is 2.81. The number of benzene rings is 1. The van der Waals surface area contributed by atoms with E-state index in [1.54, 1.807) is 18.2 Å². The number of nitrogens with zero attached hydrogens (tertiary/aromatic N) is 1. The van der Waals surface area contributed by atoms with Gasteiger partial charge in [-0.2, -0.15) is 0 Å². The lowest BCUT2D eigenvalue weighted by Crippen LogP contribution is -2.36. The molecular formula is C13H17ClN2O3. The monoisotopic (exact) mass is 284 g/mol. The topological polar surface area (TPSA) is 61.8 Å². The summed E-state index contributed by atoms with van der Waals surface area (Å²) in [6, 6.07) is 5.11. The third-order valence-corrected chi connectivity index (χ3v) is 3.45. The molecule has 0 spiro atoms. The van der Waals surface area contributed by atoms with Crippen LogP contribution in [0.15, 0.2) is 18.2 Å². The maximum atomic E-state index is 11.1. The number of rotatable bonds is 3. The summed E-state index contributed by atoms with van der Waals surface area (Å²) in [5, 5.41) is 13.2. The van der Waals surface area contributed by atoms with E-state index in [4.69, 9.17) is 11.6 Å². The SMILES string of the molecule is COC(=O)NC1CCN(Cc2cc(Cl)ccc2O)C1. The molecule has 1 atom stereocenters. The van der Waals surface area contributed by atoms with Crippen molar-refractivity contribution in [1.82, 2.24) is 10.2 Å². The van der Waals surface area contributed by atoms with Crippen molar-refractivity contribution in [3.05, 3.63) is 28.8 Å². The minimum absolute atomic E-state index is 0.0915. The third-order valence-electron chi connectivity index (χ3n) is 3.22. The third kappa shape index (κ3) is 3.75. The van der Waals surface area contributed by atoms with Crippen molar-refractivity contribution in [3.8, 4) is 5.75 Å². The Balaban J connectivity index is 1.91. The van der Waals surface area contributed by atoms with Gasteiger partial charge in [-0.1, -0.05) is 11.6 Å². The summed E-state index contributed by atoms with van der Waals surface area (Å²) in [7, 11) is 1.35. The Morgan fingerprint density at radius 1 is 1.63 bits per heavy atom. The highest BCUT2D eigenvalue weighted by molar-refractivity contribution is 6.30. The van der Waals surface area contributed by atoms with Gasteiger partial charge < -0.3 is 15.2 Å². The molecule has 19 heavy (non-hydrogen) atoms. The molecule has 0 radical (unpaired) electrons. The predicted octanol–water partition coefficient (Wildman–Crippen LogP) is 1.98. The van der Waals surface area contributed by atoms with Gasteiger partial charge in [0.15, 0.2) is 0 Å². The molecule has 1 amide bonds. The molecule has 1 aliphatic rings. The second-order valence-electron chi connectivity index (χ2n) is 4.63. The van der Waals surface area contributed by atoms with Crippen molar-refractivity contribution >= 4 is 17.7 Å². The quantitative estimate of drug-likeness (QED) is 0.891. The highest BCUT2D eigenvalue weighted by Gasteiger charge is 2.24. The summed E-state index contributed by atoms with van der Waals surface area (Å²) in [5.74, 6) is 0.244. The molecule has 0 bridgehead atoms. The summed E-state index contributed by atoms with van der Waals surface area (Å²) in [6.45, 7) is 2.22. The molecule has 5 nitrogen and oxygen atoms in total. The fourth-order valence-electron chi connectivity index (χ4n) is 2.24. The summed E-state index contributed by atoms with van der Waals surface area (Å²) in [5.41, 5.74) is 0.797. The van der Waals surface area contributed by atoms with Crippen molar-refractivity contribution in [2.45, 2.75) is 19.0 Å². The molecule has 104 valence electrons. The lowest BCUT2D eigenvalue weighted by molar-refractivity contribution is 0.166. The largest absolute Gasteiger partial charge is 0.508 e. The van der Waals surface area contributed by atoms with Gasteiger partial charge in [-0.05, 0) is 24.6 Å². The number of halogens is 1. The number of alkyl carbamates (subject to hydrolysis) is 1. The normalized spacial score (nSPS) is 19.4. The number of methoxy groups -OCH3 is 1. The van der Waals surface area contributed by atoms with Gasteiger partial charge >= 0.3 is 6.09 Å². The van der Waals surface area contributed by atoms with Gasteiger partial charge in [0.25, 0.3) is 0 Å². The van der Waals surface area contributed by atoms with E-state index in [1.165, 1.54) is 7.11 Å². The zero-order chi connectivity index (χ0) is 13.8. The number of phenolic OH excluding ortho intramolecular Hbond substituents is 1. The van der Waals surface area contributed by atoms with Crippen LogP contribution in [0, 0.1) is 0 Å². The van der Waals surface area contributed by atoms with Crippen molar-refractivity contribution < 1.29 is 14.6 Å². The molecule has 1 aromatic carbocycles. The van der Waals surface area contributed by atoms with Crippen molar-refractivity contribution in [2.24, 2.45) is 0 Å². The summed E-state index contributed by atoms with van der Waals surface area (Å²) in [6.07, 6.45) is 0.466. The highest BCUT2D eigenvalue weighted by Crippen LogP contribution is 2.24. The molecule has 1 fully saturated rings. The fraction of sp³-hybridized carbons (Fsp3) is 0.462. The molecule has 1 heterocycles. The summed E-state index contributed by atoms with van der Waals surface area (Å²) in [4.78, 5) is 13.3. The minimum Gasteiger partial charge on any atom is -0.508 e. The molecule has 0 aliphatic carbocycles. The number of ether oxygens (including phenoxy) is 1. The molecule has 1 unspecified atom stereocenters. The van der Waals surface area contributed by atoms with Crippen LogP contribution in [0.1, 0.15) is 12.0 Å². The Hall–Kier alpha value is -1.46. The Labute approximate surface area is 117 Å². The van der Waals surface area contributed by atoms with E-state index in [9.17, 15) is 9.90 Å². The molecule has 1 aromatic rings. The molecule has 2 rings (SSSR count). The van der Waals surface area contributed by atoms with Crippen LogP contribution in [0.4, 0.5) is 4.79 Å². The van der Waals surface area contributed by atoms with Crippen molar-refractivity contribution in [1.29, 1.82) is 0 Å². The van der Waals surface area contributed by atoms with Gasteiger partial charge in [0.05, 0.1) is 7.11 Å². The van der Waals surface area contributed by atoms with Gasteiger partial charge in [0.1, 0.15) is 5.75 Å². The smallest absolute Gasteiger partial charge is 0.407 e. The number of hydrogen-bond donors (Lipinski definition) is 2. The summed E-state index contributed by atoms with van der Waals surface area (Å²) >= 11 is 5.92. The molecule has 1 saturated heterocycles. The molecule has 6 heteroatoms.